The first-order chi connectivity index (χ1) is 18.5. The number of para-hydroxylation sites is 1. The minimum atomic E-state index is -4.08. The average molecular weight is 568 g/mol. The molecular formula is C28H26FN3O5S2. The van der Waals surface area contributed by atoms with Gasteiger partial charge in [0.2, 0.25) is 5.91 Å². The Bertz CT molecular complexity index is 1690. The summed E-state index contributed by atoms with van der Waals surface area (Å²) in [6.07, 6.45) is 0. The van der Waals surface area contributed by atoms with E-state index in [9.17, 15) is 26.0 Å². The standard InChI is InChI=1S/C28H26FN3O5S2/c1-20-7-15-26(16-8-20)39(36,37)32(27-6-4-3-5-21(27)2)19-28(33)30-23-13-17-25(18-14-23)38(34,35)31-24-11-9-22(29)10-12-24/h3-18,31H,19H2,1-2H3,(H,30,33). The number of benzene rings is 4. The van der Waals surface area contributed by atoms with Gasteiger partial charge in [-0.3, -0.25) is 13.8 Å². The molecule has 39 heavy (non-hydrogen) atoms. The van der Waals surface area contributed by atoms with E-state index in [1.54, 1.807) is 43.3 Å². The second-order valence-electron chi connectivity index (χ2n) is 8.80. The van der Waals surface area contributed by atoms with Crippen LogP contribution in [-0.4, -0.2) is 29.3 Å². The van der Waals surface area contributed by atoms with Gasteiger partial charge in [0.1, 0.15) is 12.4 Å². The van der Waals surface area contributed by atoms with Crippen molar-refractivity contribution < 1.29 is 26.0 Å². The maximum atomic E-state index is 13.6. The van der Waals surface area contributed by atoms with E-state index in [0.717, 1.165) is 22.0 Å². The molecule has 4 aromatic carbocycles. The number of hydrogen-bond acceptors (Lipinski definition) is 5. The largest absolute Gasteiger partial charge is 0.325 e. The highest BCUT2D eigenvalue weighted by atomic mass is 32.2. The molecule has 0 aromatic heterocycles. The Morgan fingerprint density at radius 2 is 1.31 bits per heavy atom. The van der Waals surface area contributed by atoms with Crippen molar-refractivity contribution >= 4 is 43.0 Å². The molecule has 0 heterocycles. The summed E-state index contributed by atoms with van der Waals surface area (Å²) in [4.78, 5) is 13.0. The van der Waals surface area contributed by atoms with E-state index >= 15 is 0 Å². The van der Waals surface area contributed by atoms with E-state index in [2.05, 4.69) is 10.0 Å². The fraction of sp³-hybridized carbons (Fsp3) is 0.107. The number of aryl methyl sites for hydroxylation is 2. The van der Waals surface area contributed by atoms with E-state index in [0.29, 0.717) is 11.3 Å². The lowest BCUT2D eigenvalue weighted by molar-refractivity contribution is -0.114. The van der Waals surface area contributed by atoms with Crippen molar-refractivity contribution in [1.82, 2.24) is 0 Å². The van der Waals surface area contributed by atoms with E-state index in [1.165, 1.54) is 48.5 Å². The molecule has 0 aliphatic carbocycles. The average Bonchev–Trinajstić information content (AvgIpc) is 2.89. The van der Waals surface area contributed by atoms with Gasteiger partial charge in [0.05, 0.1) is 15.5 Å². The van der Waals surface area contributed by atoms with Gasteiger partial charge < -0.3 is 5.32 Å². The van der Waals surface area contributed by atoms with Crippen LogP contribution in [0.5, 0.6) is 0 Å². The fourth-order valence-corrected chi connectivity index (χ4v) is 6.30. The Kier molecular flexibility index (Phi) is 8.03. The molecule has 202 valence electrons. The second kappa shape index (κ2) is 11.3. The van der Waals surface area contributed by atoms with Gasteiger partial charge in [0, 0.05) is 11.4 Å². The lowest BCUT2D eigenvalue weighted by atomic mass is 10.2. The summed E-state index contributed by atoms with van der Waals surface area (Å²) in [5, 5.41) is 2.63. The smallest absolute Gasteiger partial charge is 0.264 e. The van der Waals surface area contributed by atoms with Gasteiger partial charge in [-0.05, 0) is 86.1 Å². The third-order valence-electron chi connectivity index (χ3n) is 5.83. The lowest BCUT2D eigenvalue weighted by Crippen LogP contribution is -2.38. The number of nitrogens with zero attached hydrogens (tertiary/aromatic N) is 1. The van der Waals surface area contributed by atoms with Crippen LogP contribution in [0.15, 0.2) is 107 Å². The van der Waals surface area contributed by atoms with Crippen LogP contribution in [0.1, 0.15) is 11.1 Å². The number of halogens is 1. The second-order valence-corrected chi connectivity index (χ2v) is 12.3. The Hall–Kier alpha value is -4.22. The quantitative estimate of drug-likeness (QED) is 0.293. The third-order valence-corrected chi connectivity index (χ3v) is 9.00. The molecule has 0 radical (unpaired) electrons. The van der Waals surface area contributed by atoms with Crippen molar-refractivity contribution in [3.05, 3.63) is 114 Å². The van der Waals surface area contributed by atoms with Crippen LogP contribution in [0.2, 0.25) is 0 Å². The minimum absolute atomic E-state index is 0.0485. The first kappa shape index (κ1) is 27.8. The van der Waals surface area contributed by atoms with Crippen LogP contribution in [0.25, 0.3) is 0 Å². The highest BCUT2D eigenvalue weighted by Crippen LogP contribution is 2.27. The van der Waals surface area contributed by atoms with Gasteiger partial charge >= 0.3 is 0 Å². The maximum absolute atomic E-state index is 13.6. The minimum Gasteiger partial charge on any atom is -0.325 e. The number of anilines is 3. The molecule has 0 saturated heterocycles. The third kappa shape index (κ3) is 6.62. The lowest BCUT2D eigenvalue weighted by Gasteiger charge is -2.25. The van der Waals surface area contributed by atoms with Crippen LogP contribution in [0.3, 0.4) is 0 Å². The highest BCUT2D eigenvalue weighted by molar-refractivity contribution is 7.93. The zero-order valence-corrected chi connectivity index (χ0v) is 22.8. The molecule has 0 aliphatic heterocycles. The predicted octanol–water partition coefficient (Wildman–Crippen LogP) is 5.08. The molecule has 4 rings (SSSR count). The molecule has 0 fully saturated rings. The molecule has 0 saturated carbocycles. The Balaban J connectivity index is 1.53. The topological polar surface area (TPSA) is 113 Å². The number of hydrogen-bond donors (Lipinski definition) is 2. The Morgan fingerprint density at radius 3 is 1.92 bits per heavy atom. The van der Waals surface area contributed by atoms with Crippen LogP contribution < -0.4 is 14.3 Å². The number of rotatable bonds is 9. The zero-order valence-electron chi connectivity index (χ0n) is 21.1. The monoisotopic (exact) mass is 567 g/mol. The van der Waals surface area contributed by atoms with Crippen molar-refractivity contribution in [3.63, 3.8) is 0 Å². The van der Waals surface area contributed by atoms with Gasteiger partial charge in [-0.25, -0.2) is 21.2 Å². The Morgan fingerprint density at radius 1 is 0.744 bits per heavy atom. The summed E-state index contributed by atoms with van der Waals surface area (Å²) < 4.78 is 68.9. The molecule has 1 amide bonds. The van der Waals surface area contributed by atoms with Crippen LogP contribution >= 0.6 is 0 Å². The normalized spacial score (nSPS) is 11.6. The van der Waals surface area contributed by atoms with Crippen molar-refractivity contribution in [2.45, 2.75) is 23.6 Å². The molecule has 2 N–H and O–H groups in total. The first-order valence-corrected chi connectivity index (χ1v) is 14.7. The van der Waals surface area contributed by atoms with Crippen molar-refractivity contribution in [2.75, 3.05) is 20.9 Å². The molecule has 4 aromatic rings. The number of carbonyl (C=O) groups excluding carboxylic acids is 1. The van der Waals surface area contributed by atoms with Crippen LogP contribution in [0.4, 0.5) is 21.5 Å². The molecular weight excluding hydrogens is 541 g/mol. The van der Waals surface area contributed by atoms with Gasteiger partial charge in [0.15, 0.2) is 0 Å². The number of sulfonamides is 2. The predicted molar refractivity (Wildman–Crippen MR) is 149 cm³/mol. The molecule has 11 heteroatoms. The summed E-state index contributed by atoms with van der Waals surface area (Å²) in [7, 11) is -8.03. The summed E-state index contributed by atoms with van der Waals surface area (Å²) in [5.41, 5.74) is 2.40. The van der Waals surface area contributed by atoms with Crippen LogP contribution in [-0.2, 0) is 24.8 Å². The van der Waals surface area contributed by atoms with Gasteiger partial charge in [-0.2, -0.15) is 0 Å². The van der Waals surface area contributed by atoms with Crippen molar-refractivity contribution in [3.8, 4) is 0 Å². The molecule has 0 unspecified atom stereocenters. The molecule has 0 aliphatic rings. The van der Waals surface area contributed by atoms with Gasteiger partial charge in [-0.15, -0.1) is 0 Å². The van der Waals surface area contributed by atoms with E-state index in [4.69, 9.17) is 0 Å². The number of nitrogens with one attached hydrogen (secondary N) is 2. The van der Waals surface area contributed by atoms with Gasteiger partial charge in [-0.1, -0.05) is 35.9 Å². The van der Waals surface area contributed by atoms with E-state index < -0.39 is 38.3 Å². The van der Waals surface area contributed by atoms with E-state index in [1.807, 2.05) is 6.92 Å². The van der Waals surface area contributed by atoms with Crippen molar-refractivity contribution in [2.24, 2.45) is 0 Å². The summed E-state index contributed by atoms with van der Waals surface area (Å²) >= 11 is 0. The fourth-order valence-electron chi connectivity index (χ4n) is 3.76. The summed E-state index contributed by atoms with van der Waals surface area (Å²) in [6.45, 7) is 3.09. The molecule has 0 spiro atoms. The Labute approximate surface area is 227 Å². The van der Waals surface area contributed by atoms with Crippen molar-refractivity contribution in [1.29, 1.82) is 0 Å². The first-order valence-electron chi connectivity index (χ1n) is 11.8. The van der Waals surface area contributed by atoms with E-state index in [-0.39, 0.29) is 21.2 Å². The number of amides is 1. The maximum Gasteiger partial charge on any atom is 0.264 e. The highest BCUT2D eigenvalue weighted by Gasteiger charge is 2.28. The number of carbonyl (C=O) groups is 1. The molecule has 0 bridgehead atoms. The molecule has 8 nitrogen and oxygen atoms in total. The molecule has 0 atom stereocenters. The van der Waals surface area contributed by atoms with Gasteiger partial charge in [0.25, 0.3) is 20.0 Å². The summed E-state index contributed by atoms with van der Waals surface area (Å²) in [5.74, 6) is -1.11. The zero-order chi connectivity index (χ0) is 28.2. The SMILES string of the molecule is Cc1ccc(S(=O)(=O)N(CC(=O)Nc2ccc(S(=O)(=O)Nc3ccc(F)cc3)cc2)c2ccccc2C)cc1. The summed E-state index contributed by atoms with van der Waals surface area (Å²) in [6, 6.07) is 23.4. The van der Waals surface area contributed by atoms with Crippen LogP contribution in [0, 0.1) is 19.7 Å².